The smallest absolute Gasteiger partial charge is 0.416 e. The quantitative estimate of drug-likeness (QED) is 0.286. The number of anilines is 1. The highest BCUT2D eigenvalue weighted by Gasteiger charge is 2.38. The molecule has 0 bridgehead atoms. The molecule has 2 heterocycles. The number of hydrogen-bond acceptors (Lipinski definition) is 4. The summed E-state index contributed by atoms with van der Waals surface area (Å²) in [5.74, 6) is -2.40. The van der Waals surface area contributed by atoms with Crippen molar-refractivity contribution in [2.45, 2.75) is 71.8 Å². The van der Waals surface area contributed by atoms with Gasteiger partial charge in [-0.3, -0.25) is 4.79 Å². The van der Waals surface area contributed by atoms with E-state index in [-0.39, 0.29) is 29.3 Å². The summed E-state index contributed by atoms with van der Waals surface area (Å²) in [5.41, 5.74) is 1.78. The predicted molar refractivity (Wildman–Crippen MR) is 158 cm³/mol. The van der Waals surface area contributed by atoms with Crippen molar-refractivity contribution in [3.8, 4) is 16.9 Å². The lowest BCUT2D eigenvalue weighted by atomic mass is 9.83. The van der Waals surface area contributed by atoms with Crippen LogP contribution in [0.25, 0.3) is 11.1 Å². The Kier molecular flexibility index (Phi) is 8.22. The normalized spacial score (nSPS) is 15.5. The van der Waals surface area contributed by atoms with Gasteiger partial charge in [-0.25, -0.2) is 9.18 Å². The van der Waals surface area contributed by atoms with E-state index in [1.807, 2.05) is 6.92 Å². The maximum Gasteiger partial charge on any atom is 0.416 e. The van der Waals surface area contributed by atoms with Gasteiger partial charge in [0.1, 0.15) is 0 Å². The number of carbonyl (C=O) groups is 2. The SMILES string of the molecule is Cc1cc2c(c(-c3cc(F)c4c(c3C)CCCO4)c1[C@H](OC(C)(C)C)C(=O)O)CCN2C(=O)c1cc(C(F)(F)F)ccc1Cl. The van der Waals surface area contributed by atoms with Gasteiger partial charge in [-0.2, -0.15) is 13.2 Å². The van der Waals surface area contributed by atoms with Crippen molar-refractivity contribution in [3.63, 3.8) is 0 Å². The average Bonchev–Trinajstić information content (AvgIpc) is 3.35. The highest BCUT2D eigenvalue weighted by molar-refractivity contribution is 6.34. The third kappa shape index (κ3) is 5.77. The van der Waals surface area contributed by atoms with Gasteiger partial charge in [-0.05, 0) is 112 Å². The number of nitrogens with zero attached hydrogens (tertiary/aromatic N) is 1. The van der Waals surface area contributed by atoms with Gasteiger partial charge in [0.15, 0.2) is 17.7 Å². The molecule has 1 atom stereocenters. The van der Waals surface area contributed by atoms with Gasteiger partial charge in [0, 0.05) is 23.4 Å². The van der Waals surface area contributed by atoms with Gasteiger partial charge in [0.05, 0.1) is 28.4 Å². The number of carbonyl (C=O) groups excluding carboxylic acids is 1. The van der Waals surface area contributed by atoms with E-state index in [4.69, 9.17) is 21.1 Å². The van der Waals surface area contributed by atoms with Crippen LogP contribution in [-0.2, 0) is 28.5 Å². The fraction of sp³-hybridized carbons (Fsp3) is 0.394. The number of alkyl halides is 3. The first-order chi connectivity index (χ1) is 20.5. The van der Waals surface area contributed by atoms with Gasteiger partial charge >= 0.3 is 12.1 Å². The van der Waals surface area contributed by atoms with Gasteiger partial charge in [0.2, 0.25) is 0 Å². The number of rotatable bonds is 5. The van der Waals surface area contributed by atoms with Crippen LogP contribution in [0.3, 0.4) is 0 Å². The van der Waals surface area contributed by atoms with Crippen LogP contribution in [-0.4, -0.2) is 35.7 Å². The molecule has 0 spiro atoms. The molecule has 1 N–H and O–H groups in total. The van der Waals surface area contributed by atoms with E-state index in [2.05, 4.69) is 0 Å². The van der Waals surface area contributed by atoms with E-state index < -0.39 is 41.1 Å². The molecule has 0 aromatic heterocycles. The lowest BCUT2D eigenvalue weighted by Gasteiger charge is -2.30. The Morgan fingerprint density at radius 1 is 1.07 bits per heavy atom. The Morgan fingerprint density at radius 3 is 2.41 bits per heavy atom. The molecule has 0 saturated heterocycles. The number of amides is 1. The van der Waals surface area contributed by atoms with Crippen LogP contribution in [0.4, 0.5) is 23.2 Å². The van der Waals surface area contributed by atoms with E-state index in [1.165, 1.54) is 11.0 Å². The topological polar surface area (TPSA) is 76.1 Å². The zero-order chi connectivity index (χ0) is 32.3. The maximum atomic E-state index is 15.6. The standard InChI is InChI=1S/C33H32ClF4NO5/c1-16-13-25-20(10-11-39(25)30(40)22-14-18(33(36,37)38)8-9-23(22)34)27(26(16)29(31(41)42)44-32(3,4)5)21-15-24(35)28-19(17(21)2)7-6-12-43-28/h8-9,13-15,29H,6-7,10-12H2,1-5H3,(H,41,42)/t29-/m0/s1. The fourth-order valence-electron chi connectivity index (χ4n) is 6.07. The van der Waals surface area contributed by atoms with E-state index in [1.54, 1.807) is 33.8 Å². The zero-order valence-corrected chi connectivity index (χ0v) is 25.7. The Labute approximate surface area is 257 Å². The number of aliphatic carboxylic acids is 1. The first-order valence-corrected chi connectivity index (χ1v) is 14.6. The Morgan fingerprint density at radius 2 is 1.77 bits per heavy atom. The number of carboxylic acids is 1. The van der Waals surface area contributed by atoms with E-state index in [9.17, 15) is 27.9 Å². The molecular weight excluding hydrogens is 602 g/mol. The summed E-state index contributed by atoms with van der Waals surface area (Å²) in [5, 5.41) is 10.2. The van der Waals surface area contributed by atoms with Gasteiger partial charge in [-0.1, -0.05) is 11.6 Å². The Bertz CT molecular complexity index is 1680. The second kappa shape index (κ2) is 11.4. The third-order valence-corrected chi connectivity index (χ3v) is 8.30. The largest absolute Gasteiger partial charge is 0.490 e. The predicted octanol–water partition coefficient (Wildman–Crippen LogP) is 8.25. The molecule has 1 amide bonds. The number of carboxylic acid groups (broad SMARTS) is 1. The molecule has 6 nitrogen and oxygen atoms in total. The molecule has 2 aliphatic rings. The van der Waals surface area contributed by atoms with E-state index in [0.29, 0.717) is 64.1 Å². The summed E-state index contributed by atoms with van der Waals surface area (Å²) in [6.45, 7) is 9.14. The molecule has 0 aliphatic carbocycles. The van der Waals surface area contributed by atoms with E-state index >= 15 is 4.39 Å². The molecule has 11 heteroatoms. The summed E-state index contributed by atoms with van der Waals surface area (Å²) >= 11 is 6.22. The van der Waals surface area contributed by atoms with Crippen LogP contribution in [0.5, 0.6) is 5.75 Å². The van der Waals surface area contributed by atoms with Gasteiger partial charge in [-0.15, -0.1) is 0 Å². The lowest BCUT2D eigenvalue weighted by molar-refractivity contribution is -0.160. The minimum Gasteiger partial charge on any atom is -0.490 e. The monoisotopic (exact) mass is 633 g/mol. The van der Waals surface area contributed by atoms with Crippen molar-refractivity contribution in [2.75, 3.05) is 18.1 Å². The third-order valence-electron chi connectivity index (χ3n) is 7.97. The van der Waals surface area contributed by atoms with Crippen LogP contribution in [0.1, 0.15) is 77.0 Å². The van der Waals surface area contributed by atoms with Crippen molar-refractivity contribution in [1.29, 1.82) is 0 Å². The van der Waals surface area contributed by atoms with Crippen molar-refractivity contribution in [2.24, 2.45) is 0 Å². The highest BCUT2D eigenvalue weighted by atomic mass is 35.5. The molecule has 44 heavy (non-hydrogen) atoms. The Balaban J connectivity index is 1.76. The first-order valence-electron chi connectivity index (χ1n) is 14.2. The summed E-state index contributed by atoms with van der Waals surface area (Å²) in [7, 11) is 0. The van der Waals surface area contributed by atoms with Crippen molar-refractivity contribution < 1.29 is 41.7 Å². The number of halogens is 5. The summed E-state index contributed by atoms with van der Waals surface area (Å²) in [4.78, 5) is 27.8. The number of hydrogen-bond donors (Lipinski definition) is 1. The number of ether oxygens (including phenoxy) is 2. The molecule has 5 rings (SSSR count). The summed E-state index contributed by atoms with van der Waals surface area (Å²) < 4.78 is 67.7. The minimum absolute atomic E-state index is 0.0874. The molecule has 0 unspecified atom stereocenters. The number of fused-ring (bicyclic) bond motifs is 2. The van der Waals surface area contributed by atoms with Crippen LogP contribution in [0.15, 0.2) is 30.3 Å². The number of aryl methyl sites for hydroxylation is 1. The molecule has 0 fully saturated rings. The first kappa shape index (κ1) is 31.8. The maximum absolute atomic E-state index is 15.6. The highest BCUT2D eigenvalue weighted by Crippen LogP contribution is 2.48. The second-order valence-corrected chi connectivity index (χ2v) is 12.5. The van der Waals surface area contributed by atoms with Crippen molar-refractivity contribution in [1.82, 2.24) is 0 Å². The molecule has 2 aliphatic heterocycles. The molecule has 0 saturated carbocycles. The lowest BCUT2D eigenvalue weighted by Crippen LogP contribution is -2.30. The van der Waals surface area contributed by atoms with Gasteiger partial charge < -0.3 is 19.5 Å². The van der Waals surface area contributed by atoms with Crippen LogP contribution in [0.2, 0.25) is 5.02 Å². The minimum atomic E-state index is -4.68. The van der Waals surface area contributed by atoms with E-state index in [0.717, 1.165) is 18.2 Å². The summed E-state index contributed by atoms with van der Waals surface area (Å²) in [6.07, 6.45) is -4.64. The zero-order valence-electron chi connectivity index (χ0n) is 24.9. The van der Waals surface area contributed by atoms with Crippen LogP contribution >= 0.6 is 11.6 Å². The molecule has 3 aromatic carbocycles. The van der Waals surface area contributed by atoms with Crippen LogP contribution in [0, 0.1) is 19.7 Å². The van der Waals surface area contributed by atoms with Crippen molar-refractivity contribution in [3.05, 3.63) is 80.1 Å². The number of benzene rings is 3. The Hall–Kier alpha value is -3.63. The van der Waals surface area contributed by atoms with Gasteiger partial charge in [0.25, 0.3) is 5.91 Å². The average molecular weight is 634 g/mol. The summed E-state index contributed by atoms with van der Waals surface area (Å²) in [6, 6.07) is 5.53. The molecule has 234 valence electrons. The fourth-order valence-corrected chi connectivity index (χ4v) is 6.27. The second-order valence-electron chi connectivity index (χ2n) is 12.1. The van der Waals surface area contributed by atoms with Crippen molar-refractivity contribution >= 4 is 29.2 Å². The van der Waals surface area contributed by atoms with Crippen LogP contribution < -0.4 is 9.64 Å². The molecule has 3 aromatic rings. The molecular formula is C33H32ClF4NO5. The molecule has 0 radical (unpaired) electrons.